The van der Waals surface area contributed by atoms with E-state index >= 15 is 0 Å². The molecule has 28 heavy (non-hydrogen) atoms. The molecule has 1 amide bonds. The number of likely N-dealkylation sites (tertiary alicyclic amines) is 1. The predicted octanol–water partition coefficient (Wildman–Crippen LogP) is 2.40. The van der Waals surface area contributed by atoms with Gasteiger partial charge >= 0.3 is 5.97 Å². The fraction of sp³-hybridized carbons (Fsp3) is 0.773. The first-order valence-electron chi connectivity index (χ1n) is 10.7. The Labute approximate surface area is 166 Å². The lowest BCUT2D eigenvalue weighted by Gasteiger charge is -2.59. The second-order valence-electron chi connectivity index (χ2n) is 9.43. The van der Waals surface area contributed by atoms with Crippen LogP contribution in [0.15, 0.2) is 11.6 Å². The third-order valence-corrected chi connectivity index (χ3v) is 8.48. The molecule has 1 aliphatic heterocycles. The molecule has 0 unspecified atom stereocenters. The Morgan fingerprint density at radius 2 is 2.14 bits per heavy atom. The van der Waals surface area contributed by atoms with E-state index in [-0.39, 0.29) is 36.7 Å². The summed E-state index contributed by atoms with van der Waals surface area (Å²) in [5.74, 6) is -0.00753. The lowest BCUT2D eigenvalue weighted by Crippen LogP contribution is -2.64. The molecule has 3 aliphatic carbocycles. The molecule has 0 aromatic heterocycles. The number of hydrogen-bond donors (Lipinski definition) is 2. The smallest absolute Gasteiger partial charge is 0.303 e. The number of nitrogens with zero attached hydrogens (tertiary/aromatic N) is 1. The van der Waals surface area contributed by atoms with E-state index in [0.29, 0.717) is 31.7 Å². The molecule has 0 radical (unpaired) electrons. The second-order valence-corrected chi connectivity index (χ2v) is 9.43. The number of aliphatic hydroxyl groups is 1. The van der Waals surface area contributed by atoms with Gasteiger partial charge in [-0.15, -0.1) is 0 Å². The minimum Gasteiger partial charge on any atom is -0.481 e. The standard InChI is InChI=1S/C22H31NO5/c1-14-11-23(13-25)20-16(14)7-9-21(12-24)18(26)6-5-15-3-2-4-17(15)22(20,21)10-8-19(27)28/h4,13-16,20,24H,2-3,5-12H2,1H3,(H,27,28)/t14-,15-,16-,20+,21-,22+/m1/s1. The predicted molar refractivity (Wildman–Crippen MR) is 102 cm³/mol. The molecule has 6 atom stereocenters. The summed E-state index contributed by atoms with van der Waals surface area (Å²) in [4.78, 5) is 39.0. The van der Waals surface area contributed by atoms with Gasteiger partial charge in [-0.3, -0.25) is 14.4 Å². The van der Waals surface area contributed by atoms with Crippen molar-refractivity contribution in [3.63, 3.8) is 0 Å². The van der Waals surface area contributed by atoms with Crippen LogP contribution in [0.4, 0.5) is 0 Å². The fourth-order valence-corrected chi connectivity index (χ4v) is 7.39. The molecule has 0 spiro atoms. The van der Waals surface area contributed by atoms with Gasteiger partial charge in [-0.25, -0.2) is 0 Å². The number of hydrogen-bond acceptors (Lipinski definition) is 4. The Morgan fingerprint density at radius 1 is 1.36 bits per heavy atom. The van der Waals surface area contributed by atoms with E-state index < -0.39 is 16.8 Å². The van der Waals surface area contributed by atoms with Crippen LogP contribution in [0.2, 0.25) is 0 Å². The van der Waals surface area contributed by atoms with Gasteiger partial charge < -0.3 is 15.1 Å². The Balaban J connectivity index is 1.97. The van der Waals surface area contributed by atoms with Crippen molar-refractivity contribution in [2.24, 2.45) is 28.6 Å². The minimum absolute atomic E-state index is 0.0522. The molecule has 0 bridgehead atoms. The van der Waals surface area contributed by atoms with Crippen molar-refractivity contribution in [2.45, 2.75) is 64.3 Å². The van der Waals surface area contributed by atoms with E-state index in [1.54, 1.807) is 0 Å². The summed E-state index contributed by atoms with van der Waals surface area (Å²) < 4.78 is 0. The van der Waals surface area contributed by atoms with Crippen LogP contribution in [0, 0.1) is 28.6 Å². The van der Waals surface area contributed by atoms with E-state index in [4.69, 9.17) is 0 Å². The molecular weight excluding hydrogens is 358 g/mol. The van der Waals surface area contributed by atoms with Crippen molar-refractivity contribution < 1.29 is 24.6 Å². The number of carboxylic acid groups (broad SMARTS) is 1. The Hall–Kier alpha value is -1.69. The highest BCUT2D eigenvalue weighted by Gasteiger charge is 2.69. The van der Waals surface area contributed by atoms with Crippen molar-refractivity contribution in [1.82, 2.24) is 4.90 Å². The first-order valence-corrected chi connectivity index (χ1v) is 10.7. The Bertz CT molecular complexity index is 718. The fourth-order valence-electron chi connectivity index (χ4n) is 7.39. The number of aliphatic hydroxyl groups excluding tert-OH is 1. The van der Waals surface area contributed by atoms with Gasteiger partial charge in [0.15, 0.2) is 0 Å². The molecule has 6 nitrogen and oxygen atoms in total. The quantitative estimate of drug-likeness (QED) is 0.556. The van der Waals surface area contributed by atoms with Crippen molar-refractivity contribution in [3.8, 4) is 0 Å². The number of allylic oxidation sites excluding steroid dienone is 1. The first kappa shape index (κ1) is 19.6. The van der Waals surface area contributed by atoms with Gasteiger partial charge in [0.2, 0.25) is 6.41 Å². The van der Waals surface area contributed by atoms with Gasteiger partial charge in [-0.2, -0.15) is 0 Å². The van der Waals surface area contributed by atoms with Crippen LogP contribution in [-0.2, 0) is 14.4 Å². The van der Waals surface area contributed by atoms with E-state index in [0.717, 1.165) is 32.1 Å². The van der Waals surface area contributed by atoms with Crippen molar-refractivity contribution in [3.05, 3.63) is 11.6 Å². The highest BCUT2D eigenvalue weighted by atomic mass is 16.4. The molecule has 0 aromatic rings. The lowest BCUT2D eigenvalue weighted by atomic mass is 9.45. The maximum atomic E-state index is 13.5. The monoisotopic (exact) mass is 389 g/mol. The van der Waals surface area contributed by atoms with Crippen LogP contribution in [0.3, 0.4) is 0 Å². The summed E-state index contributed by atoms with van der Waals surface area (Å²) >= 11 is 0. The molecule has 0 aromatic carbocycles. The summed E-state index contributed by atoms with van der Waals surface area (Å²) in [6.45, 7) is 2.53. The van der Waals surface area contributed by atoms with Gasteiger partial charge in [0.05, 0.1) is 12.0 Å². The number of fused-ring (bicyclic) bond motifs is 5. The molecule has 4 aliphatic rings. The zero-order valence-corrected chi connectivity index (χ0v) is 16.6. The number of rotatable bonds is 5. The third kappa shape index (κ3) is 2.46. The largest absolute Gasteiger partial charge is 0.481 e. The first-order chi connectivity index (χ1) is 13.4. The van der Waals surface area contributed by atoms with Crippen molar-refractivity contribution in [2.75, 3.05) is 13.2 Å². The number of carbonyl (C=O) groups excluding carboxylic acids is 2. The summed E-state index contributed by atoms with van der Waals surface area (Å²) in [5.41, 5.74) is -0.562. The van der Waals surface area contributed by atoms with Crippen LogP contribution >= 0.6 is 0 Å². The molecule has 1 saturated heterocycles. The topological polar surface area (TPSA) is 94.9 Å². The van der Waals surface area contributed by atoms with Gasteiger partial charge in [0.25, 0.3) is 0 Å². The van der Waals surface area contributed by atoms with Gasteiger partial charge in [0.1, 0.15) is 5.78 Å². The molecule has 2 N–H and O–H groups in total. The van der Waals surface area contributed by atoms with Crippen molar-refractivity contribution >= 4 is 18.2 Å². The summed E-state index contributed by atoms with van der Waals surface area (Å²) in [6.07, 6.45) is 7.87. The zero-order chi connectivity index (χ0) is 20.1. The van der Waals surface area contributed by atoms with Crippen LogP contribution < -0.4 is 0 Å². The van der Waals surface area contributed by atoms with E-state index in [2.05, 4.69) is 13.0 Å². The number of carboxylic acids is 1. The summed E-state index contributed by atoms with van der Waals surface area (Å²) in [5, 5.41) is 20.2. The maximum absolute atomic E-state index is 13.5. The summed E-state index contributed by atoms with van der Waals surface area (Å²) in [7, 11) is 0. The number of ketones is 1. The Morgan fingerprint density at radius 3 is 2.82 bits per heavy atom. The number of aliphatic carboxylic acids is 1. The molecule has 154 valence electrons. The molecule has 4 rings (SSSR count). The number of Topliss-reactive ketones (excluding diaryl/α,β-unsaturated/α-hetero) is 1. The molecule has 6 heteroatoms. The molecular formula is C22H31NO5. The van der Waals surface area contributed by atoms with Crippen LogP contribution in [0.5, 0.6) is 0 Å². The van der Waals surface area contributed by atoms with Gasteiger partial charge in [-0.05, 0) is 56.3 Å². The highest BCUT2D eigenvalue weighted by Crippen LogP contribution is 2.67. The second kappa shape index (κ2) is 6.97. The molecule has 1 heterocycles. The van der Waals surface area contributed by atoms with Crippen LogP contribution in [0.25, 0.3) is 0 Å². The molecule has 3 fully saturated rings. The van der Waals surface area contributed by atoms with Crippen molar-refractivity contribution in [1.29, 1.82) is 0 Å². The number of amides is 1. The van der Waals surface area contributed by atoms with E-state index in [9.17, 15) is 24.6 Å². The van der Waals surface area contributed by atoms with Crippen LogP contribution in [-0.4, -0.2) is 52.5 Å². The summed E-state index contributed by atoms with van der Waals surface area (Å²) in [6, 6.07) is -0.200. The number of carbonyl (C=O) groups is 3. The molecule has 2 saturated carbocycles. The third-order valence-electron chi connectivity index (χ3n) is 8.48. The van der Waals surface area contributed by atoms with E-state index in [1.165, 1.54) is 5.57 Å². The lowest BCUT2D eigenvalue weighted by molar-refractivity contribution is -0.158. The normalized spacial score (nSPS) is 42.3. The van der Waals surface area contributed by atoms with Crippen LogP contribution in [0.1, 0.15) is 58.3 Å². The van der Waals surface area contributed by atoms with E-state index in [1.807, 2.05) is 4.90 Å². The zero-order valence-electron chi connectivity index (χ0n) is 16.6. The SMILES string of the molecule is C[C@@H]1CN(C=O)[C@H]2[C@@H]1CC[C@@]1(CO)C(=O)CC[C@H]3CCC=C3[C@@]21CCC(=O)O. The van der Waals surface area contributed by atoms with Gasteiger partial charge in [0, 0.05) is 30.8 Å². The average Bonchev–Trinajstić information content (AvgIpc) is 3.26. The highest BCUT2D eigenvalue weighted by molar-refractivity contribution is 5.88. The minimum atomic E-state index is -0.972. The average molecular weight is 389 g/mol. The van der Waals surface area contributed by atoms with Gasteiger partial charge in [-0.1, -0.05) is 18.6 Å². The maximum Gasteiger partial charge on any atom is 0.303 e. The Kier molecular flexibility index (Phi) is 4.89.